The van der Waals surface area contributed by atoms with Crippen LogP contribution in [-0.4, -0.2) is 16.9 Å². The van der Waals surface area contributed by atoms with Crippen molar-refractivity contribution in [3.63, 3.8) is 0 Å². The lowest BCUT2D eigenvalue weighted by Crippen LogP contribution is -2.27. The number of rotatable bonds is 4. The van der Waals surface area contributed by atoms with Gasteiger partial charge in [0.2, 0.25) is 0 Å². The summed E-state index contributed by atoms with van der Waals surface area (Å²) in [6.45, 7) is 8.00. The predicted molar refractivity (Wildman–Crippen MR) is 59.7 cm³/mol. The van der Waals surface area contributed by atoms with Crippen LogP contribution in [0.15, 0.2) is 4.99 Å². The maximum Gasteiger partial charge on any atom is 0.443 e. The first-order valence-corrected chi connectivity index (χ1v) is 5.09. The number of hydrogen-bond acceptors (Lipinski definition) is 3. The number of aliphatic imine (C=N–C) groups is 1. The normalized spacial score (nSPS) is 10.9. The molecule has 0 bridgehead atoms. The molecule has 14 heavy (non-hydrogen) atoms. The number of thiocarbonyl (C=S) groups is 1. The van der Waals surface area contributed by atoms with E-state index >= 15 is 0 Å². The second-order valence-corrected chi connectivity index (χ2v) is 4.45. The van der Waals surface area contributed by atoms with Crippen molar-refractivity contribution in [2.24, 2.45) is 10.9 Å². The molecule has 0 saturated heterocycles. The highest BCUT2D eigenvalue weighted by Crippen LogP contribution is 2.20. The lowest BCUT2D eigenvalue weighted by atomic mass is 9.97. The first-order chi connectivity index (χ1) is 6.37. The first-order valence-electron chi connectivity index (χ1n) is 4.68. The average Bonchev–Trinajstić information content (AvgIpc) is 2.00. The number of nitrogens with zero attached hydrogens (tertiary/aromatic N) is 1. The summed E-state index contributed by atoms with van der Waals surface area (Å²) >= 11 is 4.31. The fraction of sp³-hybridized carbons (Fsp3) is 0.800. The molecule has 0 aliphatic rings. The molecule has 0 spiro atoms. The van der Waals surface area contributed by atoms with Gasteiger partial charge in [-0.2, -0.15) is 0 Å². The number of carbonyl (C=O) groups excluding carboxylic acids is 1. The van der Waals surface area contributed by atoms with Gasteiger partial charge in [-0.05, 0) is 44.8 Å². The summed E-state index contributed by atoms with van der Waals surface area (Å²) in [6, 6.07) is 0. The Hall–Kier alpha value is -0.730. The molecule has 80 valence electrons. The smallest absolute Gasteiger partial charge is 0.441 e. The van der Waals surface area contributed by atoms with Crippen molar-refractivity contribution in [2.75, 3.05) is 0 Å². The summed E-state index contributed by atoms with van der Waals surface area (Å²) < 4.78 is 5.09. The van der Waals surface area contributed by atoms with E-state index in [-0.39, 0.29) is 0 Å². The van der Waals surface area contributed by atoms with Crippen molar-refractivity contribution < 1.29 is 9.53 Å². The van der Waals surface area contributed by atoms with E-state index in [9.17, 15) is 4.79 Å². The highest BCUT2D eigenvalue weighted by Gasteiger charge is 2.22. The van der Waals surface area contributed by atoms with Crippen LogP contribution in [0.25, 0.3) is 0 Å². The van der Waals surface area contributed by atoms with Gasteiger partial charge in [0.25, 0.3) is 0 Å². The minimum atomic E-state index is -0.659. The van der Waals surface area contributed by atoms with E-state index in [0.29, 0.717) is 5.92 Å². The largest absolute Gasteiger partial charge is 0.443 e. The Morgan fingerprint density at radius 1 is 1.57 bits per heavy atom. The van der Waals surface area contributed by atoms with Crippen molar-refractivity contribution in [1.29, 1.82) is 0 Å². The summed E-state index contributed by atoms with van der Waals surface area (Å²) in [4.78, 5) is 14.2. The zero-order valence-corrected chi connectivity index (χ0v) is 9.98. The van der Waals surface area contributed by atoms with Crippen LogP contribution in [0, 0.1) is 5.92 Å². The van der Waals surface area contributed by atoms with Crippen LogP contribution in [-0.2, 0) is 4.74 Å². The molecule has 0 aliphatic heterocycles. The molecule has 0 atom stereocenters. The summed E-state index contributed by atoms with van der Waals surface area (Å²) in [5.41, 5.74) is -0.475. The molecule has 0 aromatic heterocycles. The van der Waals surface area contributed by atoms with E-state index in [1.54, 1.807) is 0 Å². The van der Waals surface area contributed by atoms with Crippen LogP contribution in [0.1, 0.15) is 40.5 Å². The van der Waals surface area contributed by atoms with E-state index in [4.69, 9.17) is 4.74 Å². The summed E-state index contributed by atoms with van der Waals surface area (Å²) in [5.74, 6) is 0.599. The summed E-state index contributed by atoms with van der Waals surface area (Å²) in [6.07, 6.45) is 1.18. The van der Waals surface area contributed by atoms with Crippen LogP contribution < -0.4 is 0 Å². The number of amides is 1. The molecule has 0 aromatic rings. The summed E-state index contributed by atoms with van der Waals surface area (Å²) in [5, 5.41) is 1.99. The van der Waals surface area contributed by atoms with Gasteiger partial charge in [-0.25, -0.2) is 4.79 Å². The van der Waals surface area contributed by atoms with Crippen molar-refractivity contribution in [2.45, 2.75) is 46.1 Å². The van der Waals surface area contributed by atoms with Crippen LogP contribution in [0.5, 0.6) is 0 Å². The lowest BCUT2D eigenvalue weighted by molar-refractivity contribution is 0.0357. The van der Waals surface area contributed by atoms with Gasteiger partial charge in [0.05, 0.1) is 5.16 Å². The molecule has 0 rings (SSSR count). The first kappa shape index (κ1) is 13.3. The highest BCUT2D eigenvalue weighted by atomic mass is 32.1. The van der Waals surface area contributed by atoms with Gasteiger partial charge in [-0.15, -0.1) is 4.99 Å². The average molecular weight is 215 g/mol. The Kier molecular flexibility index (Phi) is 5.58. The SMILES string of the molecule is CC(C)CCC(C)(C)OC(=O)N=C=S. The molecule has 1 amide bonds. The molecule has 0 heterocycles. The predicted octanol–water partition coefficient (Wildman–Crippen LogP) is 3.44. The maximum absolute atomic E-state index is 11.0. The molecule has 0 N–H and O–H groups in total. The van der Waals surface area contributed by atoms with Gasteiger partial charge in [0.1, 0.15) is 5.60 Å². The van der Waals surface area contributed by atoms with E-state index < -0.39 is 11.7 Å². The molecule has 0 aromatic carbocycles. The minimum absolute atomic E-state index is 0.475. The third-order valence-electron chi connectivity index (χ3n) is 1.82. The zero-order valence-electron chi connectivity index (χ0n) is 9.16. The van der Waals surface area contributed by atoms with Gasteiger partial charge < -0.3 is 4.74 Å². The number of hydrogen-bond donors (Lipinski definition) is 0. The van der Waals surface area contributed by atoms with E-state index in [0.717, 1.165) is 12.8 Å². The monoisotopic (exact) mass is 215 g/mol. The van der Waals surface area contributed by atoms with E-state index in [1.807, 2.05) is 19.0 Å². The summed E-state index contributed by atoms with van der Waals surface area (Å²) in [7, 11) is 0. The fourth-order valence-corrected chi connectivity index (χ4v) is 1.06. The Morgan fingerprint density at radius 3 is 2.57 bits per heavy atom. The van der Waals surface area contributed by atoms with Gasteiger partial charge in [-0.1, -0.05) is 13.8 Å². The molecule has 3 nitrogen and oxygen atoms in total. The quantitative estimate of drug-likeness (QED) is 0.532. The maximum atomic E-state index is 11.0. The molecule has 0 radical (unpaired) electrons. The molecule has 0 aliphatic carbocycles. The third kappa shape index (κ3) is 6.75. The topological polar surface area (TPSA) is 38.7 Å². The van der Waals surface area contributed by atoms with Crippen LogP contribution >= 0.6 is 12.2 Å². The van der Waals surface area contributed by atoms with Crippen LogP contribution in [0.3, 0.4) is 0 Å². The highest BCUT2D eigenvalue weighted by molar-refractivity contribution is 7.78. The molecular weight excluding hydrogens is 198 g/mol. The molecule has 0 fully saturated rings. The third-order valence-corrected chi connectivity index (χ3v) is 1.92. The van der Waals surface area contributed by atoms with Crippen LogP contribution in [0.2, 0.25) is 0 Å². The number of isothiocyanates is 1. The van der Waals surface area contributed by atoms with Crippen LogP contribution in [0.4, 0.5) is 4.79 Å². The lowest BCUT2D eigenvalue weighted by Gasteiger charge is -2.24. The van der Waals surface area contributed by atoms with Gasteiger partial charge >= 0.3 is 6.09 Å². The second kappa shape index (κ2) is 5.89. The molecule has 0 saturated carbocycles. The van der Waals surface area contributed by atoms with Gasteiger partial charge in [0.15, 0.2) is 0 Å². The Balaban J connectivity index is 4.06. The number of carbonyl (C=O) groups is 1. The fourth-order valence-electron chi connectivity index (χ4n) is 0.984. The van der Waals surface area contributed by atoms with Crippen molar-refractivity contribution in [1.82, 2.24) is 0 Å². The number of ether oxygens (including phenoxy) is 1. The standard InChI is InChI=1S/C10H17NO2S/c1-8(2)5-6-10(3,4)13-9(12)11-7-14/h8H,5-6H2,1-4H3. The Morgan fingerprint density at radius 2 is 2.14 bits per heavy atom. The van der Waals surface area contributed by atoms with Crippen molar-refractivity contribution in [3.05, 3.63) is 0 Å². The Bertz CT molecular complexity index is 243. The van der Waals surface area contributed by atoms with Gasteiger partial charge in [-0.3, -0.25) is 0 Å². The zero-order chi connectivity index (χ0) is 11.2. The van der Waals surface area contributed by atoms with E-state index in [1.165, 1.54) is 0 Å². The Labute approximate surface area is 90.6 Å². The molecule has 0 unspecified atom stereocenters. The van der Waals surface area contributed by atoms with Gasteiger partial charge in [0, 0.05) is 0 Å². The minimum Gasteiger partial charge on any atom is -0.441 e. The second-order valence-electron chi connectivity index (χ2n) is 4.26. The molecular formula is C10H17NO2S. The van der Waals surface area contributed by atoms with E-state index in [2.05, 4.69) is 31.1 Å². The van der Waals surface area contributed by atoms with Crippen molar-refractivity contribution >= 4 is 23.5 Å². The molecule has 4 heteroatoms. The van der Waals surface area contributed by atoms with Crippen molar-refractivity contribution in [3.8, 4) is 0 Å².